The van der Waals surface area contributed by atoms with Gasteiger partial charge in [0.1, 0.15) is 22.8 Å². The number of pyridine rings is 1. The quantitative estimate of drug-likeness (QED) is 0.442. The molecule has 4 rings (SSSR count). The first-order valence-electron chi connectivity index (χ1n) is 8.43. The molecule has 0 fully saturated rings. The molecule has 0 bridgehead atoms. The van der Waals surface area contributed by atoms with Crippen LogP contribution in [0.2, 0.25) is 0 Å². The first-order chi connectivity index (χ1) is 13.1. The summed E-state index contributed by atoms with van der Waals surface area (Å²) in [6.07, 6.45) is 7.52. The zero-order chi connectivity index (χ0) is 19.2. The monoisotopic (exact) mass is 432 g/mol. The second kappa shape index (κ2) is 9.73. The van der Waals surface area contributed by atoms with E-state index in [-0.39, 0.29) is 37.0 Å². The van der Waals surface area contributed by atoms with Crippen molar-refractivity contribution in [2.24, 2.45) is 5.73 Å². The van der Waals surface area contributed by atoms with Crippen LogP contribution in [0.5, 0.6) is 11.5 Å². The van der Waals surface area contributed by atoms with Crippen molar-refractivity contribution in [3.05, 3.63) is 95.5 Å². The Kier molecular flexibility index (Phi) is 7.37. The molecule has 0 aliphatic heterocycles. The average molecular weight is 433 g/mol. The summed E-state index contributed by atoms with van der Waals surface area (Å²) < 4.78 is 0. The molecule has 0 saturated heterocycles. The number of aromatic hydroxyl groups is 2. The van der Waals surface area contributed by atoms with Crippen molar-refractivity contribution in [2.75, 3.05) is 0 Å². The molecule has 142 valence electrons. The van der Waals surface area contributed by atoms with Gasteiger partial charge in [-0.15, -0.1) is 0 Å². The van der Waals surface area contributed by atoms with Crippen molar-refractivity contribution < 1.29 is 15.3 Å². The first kappa shape index (κ1) is 21.2. The first-order valence-corrected chi connectivity index (χ1v) is 8.43. The van der Waals surface area contributed by atoms with Gasteiger partial charge in [0.15, 0.2) is 0 Å². The Labute approximate surface area is 176 Å². The molecule has 0 unspecified atom stereocenters. The van der Waals surface area contributed by atoms with E-state index in [9.17, 15) is 15.3 Å². The van der Waals surface area contributed by atoms with E-state index in [1.807, 2.05) is 30.3 Å². The number of aromatic nitrogens is 1. The SMILES string of the molecule is NC1=C(O)C=CCC1=Cc1ccccc1O.Oc1cccc2cccnc12.[GaH3]. The van der Waals surface area contributed by atoms with Gasteiger partial charge in [-0.3, -0.25) is 4.98 Å². The van der Waals surface area contributed by atoms with E-state index in [4.69, 9.17) is 5.73 Å². The number of aliphatic hydroxyl groups is 1. The van der Waals surface area contributed by atoms with E-state index in [2.05, 4.69) is 4.98 Å². The van der Waals surface area contributed by atoms with Crippen molar-refractivity contribution in [1.82, 2.24) is 4.98 Å². The molecular formula is C22H23GaN2O3. The second-order valence-corrected chi connectivity index (χ2v) is 5.99. The molecule has 3 aromatic rings. The number of allylic oxidation sites excluding steroid dienone is 3. The Bertz CT molecular complexity index is 1050. The Balaban J connectivity index is 0.000000205. The summed E-state index contributed by atoms with van der Waals surface area (Å²) in [4.78, 5) is 4.03. The van der Waals surface area contributed by atoms with Gasteiger partial charge in [-0.2, -0.15) is 0 Å². The standard InChI is InChI=1S/C13H13NO2.C9H7NO.Ga.3H/c14-13-10(5-3-7-12(13)16)8-9-4-1-2-6-11(9)15;11-8-5-1-3-7-4-2-6-10-9(7)8;;;;/h1-4,6-8,15-16H,5,14H2;1-6,11H;;;;. The maximum atomic E-state index is 9.61. The fourth-order valence-corrected chi connectivity index (χ4v) is 2.68. The van der Waals surface area contributed by atoms with E-state index in [1.165, 1.54) is 0 Å². The van der Waals surface area contributed by atoms with Crippen molar-refractivity contribution >= 4 is 36.8 Å². The number of phenolic OH excluding ortho intramolecular Hbond substituents is 2. The predicted molar refractivity (Wildman–Crippen MR) is 117 cm³/mol. The van der Waals surface area contributed by atoms with Gasteiger partial charge in [0, 0.05) is 17.1 Å². The van der Waals surface area contributed by atoms with E-state index < -0.39 is 0 Å². The number of fused-ring (bicyclic) bond motifs is 1. The molecule has 28 heavy (non-hydrogen) atoms. The molecule has 0 saturated carbocycles. The predicted octanol–water partition coefficient (Wildman–Crippen LogP) is 3.22. The van der Waals surface area contributed by atoms with Crippen LogP contribution in [0.15, 0.2) is 90.0 Å². The Morgan fingerprint density at radius 3 is 2.36 bits per heavy atom. The van der Waals surface area contributed by atoms with Crippen LogP contribution in [-0.2, 0) is 0 Å². The van der Waals surface area contributed by atoms with Crippen LogP contribution in [0, 0.1) is 0 Å². The molecule has 1 aliphatic rings. The van der Waals surface area contributed by atoms with Gasteiger partial charge in [0.25, 0.3) is 0 Å². The Hall–Kier alpha value is -3.09. The molecule has 0 amide bonds. The second-order valence-electron chi connectivity index (χ2n) is 5.99. The zero-order valence-electron chi connectivity index (χ0n) is 14.6. The summed E-state index contributed by atoms with van der Waals surface area (Å²) in [5.74, 6) is 0.521. The third kappa shape index (κ3) is 5.00. The minimum absolute atomic E-state index is 0. The summed E-state index contributed by atoms with van der Waals surface area (Å²) in [6.45, 7) is 0. The van der Waals surface area contributed by atoms with E-state index >= 15 is 0 Å². The Morgan fingerprint density at radius 2 is 1.61 bits per heavy atom. The molecule has 2 aromatic carbocycles. The third-order valence-corrected chi connectivity index (χ3v) is 4.11. The fourth-order valence-electron chi connectivity index (χ4n) is 2.68. The number of phenols is 2. The Morgan fingerprint density at radius 1 is 0.893 bits per heavy atom. The van der Waals surface area contributed by atoms with Crippen molar-refractivity contribution in [3.63, 3.8) is 0 Å². The van der Waals surface area contributed by atoms with Gasteiger partial charge in [0.05, 0.1) is 5.70 Å². The van der Waals surface area contributed by atoms with Crippen LogP contribution in [-0.4, -0.2) is 40.1 Å². The molecule has 5 N–H and O–H groups in total. The van der Waals surface area contributed by atoms with Gasteiger partial charge in [-0.1, -0.05) is 42.5 Å². The molecule has 1 heterocycles. The maximum absolute atomic E-state index is 9.61. The summed E-state index contributed by atoms with van der Waals surface area (Å²) >= 11 is 0. The number of hydrogen-bond acceptors (Lipinski definition) is 5. The molecule has 6 heteroatoms. The van der Waals surface area contributed by atoms with Gasteiger partial charge >= 0.3 is 19.8 Å². The normalized spacial score (nSPS) is 14.4. The number of rotatable bonds is 1. The number of benzene rings is 2. The van der Waals surface area contributed by atoms with Crippen molar-refractivity contribution in [2.45, 2.75) is 6.42 Å². The summed E-state index contributed by atoms with van der Waals surface area (Å²) in [7, 11) is 0. The molecule has 1 aliphatic carbocycles. The van der Waals surface area contributed by atoms with Crippen LogP contribution in [0.4, 0.5) is 0 Å². The fraction of sp³-hybridized carbons (Fsp3) is 0.0455. The van der Waals surface area contributed by atoms with Gasteiger partial charge in [0.2, 0.25) is 0 Å². The van der Waals surface area contributed by atoms with E-state index in [0.29, 0.717) is 23.2 Å². The summed E-state index contributed by atoms with van der Waals surface area (Å²) in [5.41, 5.74) is 8.28. The van der Waals surface area contributed by atoms with Crippen LogP contribution in [0.25, 0.3) is 17.0 Å². The summed E-state index contributed by atoms with van der Waals surface area (Å²) in [5, 5.41) is 29.3. The topological polar surface area (TPSA) is 99.6 Å². The number of aliphatic hydroxyl groups excluding tert-OH is 1. The number of para-hydroxylation sites is 2. The van der Waals surface area contributed by atoms with Gasteiger partial charge in [-0.25, -0.2) is 0 Å². The van der Waals surface area contributed by atoms with E-state index in [1.54, 1.807) is 48.7 Å². The van der Waals surface area contributed by atoms with Crippen LogP contribution in [0.1, 0.15) is 12.0 Å². The molecule has 0 atom stereocenters. The van der Waals surface area contributed by atoms with Crippen molar-refractivity contribution in [3.8, 4) is 11.5 Å². The zero-order valence-corrected chi connectivity index (χ0v) is 14.6. The average Bonchev–Trinajstić information content (AvgIpc) is 2.68. The van der Waals surface area contributed by atoms with Gasteiger partial charge in [-0.05, 0) is 42.3 Å². The number of hydrogen-bond donors (Lipinski definition) is 4. The molecule has 1 aromatic heterocycles. The van der Waals surface area contributed by atoms with Crippen LogP contribution < -0.4 is 5.73 Å². The molecule has 0 radical (unpaired) electrons. The molecule has 5 nitrogen and oxygen atoms in total. The van der Waals surface area contributed by atoms with Crippen LogP contribution >= 0.6 is 0 Å². The van der Waals surface area contributed by atoms with Gasteiger partial charge < -0.3 is 21.1 Å². The van der Waals surface area contributed by atoms with Crippen LogP contribution in [0.3, 0.4) is 0 Å². The minimum atomic E-state index is 0. The summed E-state index contributed by atoms with van der Waals surface area (Å²) in [6, 6.07) is 16.1. The van der Waals surface area contributed by atoms with E-state index in [0.717, 1.165) is 11.0 Å². The number of nitrogens with zero attached hydrogens (tertiary/aromatic N) is 1. The number of nitrogens with two attached hydrogens (primary N) is 1. The van der Waals surface area contributed by atoms with Crippen molar-refractivity contribution in [1.29, 1.82) is 0 Å². The molecular weight excluding hydrogens is 410 g/mol. The third-order valence-electron chi connectivity index (χ3n) is 4.11. The molecule has 0 spiro atoms.